The number of hydrogen-bond donors (Lipinski definition) is 2. The van der Waals surface area contributed by atoms with Crippen molar-refractivity contribution in [3.8, 4) is 6.07 Å². The minimum atomic E-state index is -1.25. The Kier molecular flexibility index (Phi) is 7.21. The van der Waals surface area contributed by atoms with Gasteiger partial charge in [-0.05, 0) is 44.5 Å². The number of aromatic nitrogens is 1. The van der Waals surface area contributed by atoms with Crippen molar-refractivity contribution in [3.63, 3.8) is 0 Å². The highest BCUT2D eigenvalue weighted by Crippen LogP contribution is 2.37. The van der Waals surface area contributed by atoms with Crippen LogP contribution in [0, 0.1) is 11.3 Å². The summed E-state index contributed by atoms with van der Waals surface area (Å²) in [6.07, 6.45) is 1.64. The van der Waals surface area contributed by atoms with Gasteiger partial charge in [0.25, 0.3) is 0 Å². The molecule has 0 aliphatic rings. The van der Waals surface area contributed by atoms with Crippen LogP contribution in [0.1, 0.15) is 37.5 Å². The van der Waals surface area contributed by atoms with Gasteiger partial charge in [-0.25, -0.2) is 13.9 Å². The molecule has 2 N–H and O–H groups in total. The first-order valence-corrected chi connectivity index (χ1v) is 10.2. The summed E-state index contributed by atoms with van der Waals surface area (Å²) >= 11 is 7.72. The molecule has 8 heteroatoms. The Labute approximate surface area is 165 Å². The van der Waals surface area contributed by atoms with Crippen molar-refractivity contribution in [1.82, 2.24) is 9.71 Å². The van der Waals surface area contributed by atoms with Gasteiger partial charge < -0.3 is 5.11 Å². The standard InChI is InChI=1S/C18H20ClN3O2S2/c1-18(2,3)26(24)22-10-14-7-12(9-20)8-15(19)16(14)25-17-13(11-23)5-4-6-21-17/h4-8,22-23H,10-11H2,1-3H3. The van der Waals surface area contributed by atoms with Gasteiger partial charge in [0, 0.05) is 23.2 Å². The Morgan fingerprint density at radius 2 is 2.12 bits per heavy atom. The van der Waals surface area contributed by atoms with E-state index in [4.69, 9.17) is 11.6 Å². The summed E-state index contributed by atoms with van der Waals surface area (Å²) in [6.45, 7) is 5.80. The zero-order chi connectivity index (χ0) is 19.3. The quantitative estimate of drug-likeness (QED) is 0.757. The molecule has 2 rings (SSSR count). The van der Waals surface area contributed by atoms with E-state index in [0.717, 1.165) is 10.5 Å². The average Bonchev–Trinajstić information content (AvgIpc) is 2.61. The van der Waals surface area contributed by atoms with Crippen molar-refractivity contribution in [2.75, 3.05) is 0 Å². The first kappa shape index (κ1) is 20.9. The molecule has 1 aromatic heterocycles. The van der Waals surface area contributed by atoms with Crippen LogP contribution in [-0.4, -0.2) is 19.0 Å². The predicted molar refractivity (Wildman–Crippen MR) is 105 cm³/mol. The molecule has 1 heterocycles. The fourth-order valence-electron chi connectivity index (χ4n) is 2.05. The number of benzene rings is 1. The molecule has 0 saturated heterocycles. The van der Waals surface area contributed by atoms with E-state index in [9.17, 15) is 14.6 Å². The lowest BCUT2D eigenvalue weighted by Gasteiger charge is -2.19. The van der Waals surface area contributed by atoms with E-state index in [-0.39, 0.29) is 6.61 Å². The van der Waals surface area contributed by atoms with Crippen molar-refractivity contribution < 1.29 is 9.32 Å². The molecule has 0 saturated carbocycles. The molecule has 26 heavy (non-hydrogen) atoms. The normalized spacial score (nSPS) is 12.6. The second-order valence-corrected chi connectivity index (χ2v) is 9.95. The van der Waals surface area contributed by atoms with Gasteiger partial charge in [0.2, 0.25) is 0 Å². The maximum absolute atomic E-state index is 12.3. The second-order valence-electron chi connectivity index (χ2n) is 6.49. The van der Waals surface area contributed by atoms with Crippen LogP contribution in [0.2, 0.25) is 5.02 Å². The summed E-state index contributed by atoms with van der Waals surface area (Å²) in [6, 6.07) is 8.95. The summed E-state index contributed by atoms with van der Waals surface area (Å²) in [5.41, 5.74) is 1.88. The van der Waals surface area contributed by atoms with Gasteiger partial charge in [0.1, 0.15) is 5.03 Å². The highest BCUT2D eigenvalue weighted by Gasteiger charge is 2.20. The molecule has 138 valence electrons. The van der Waals surface area contributed by atoms with Gasteiger partial charge in [0.15, 0.2) is 0 Å². The third-order valence-corrected chi connectivity index (χ3v) is 6.59. The Bertz CT molecular complexity index is 860. The number of aliphatic hydroxyl groups excluding tert-OH is 1. The van der Waals surface area contributed by atoms with Crippen molar-refractivity contribution in [3.05, 3.63) is 52.2 Å². The molecule has 0 aliphatic carbocycles. The number of rotatable bonds is 6. The lowest BCUT2D eigenvalue weighted by Crippen LogP contribution is -2.33. The lowest BCUT2D eigenvalue weighted by atomic mass is 10.1. The number of pyridine rings is 1. The summed E-state index contributed by atoms with van der Waals surface area (Å²) < 4.78 is 14.9. The van der Waals surface area contributed by atoms with Gasteiger partial charge >= 0.3 is 0 Å². The van der Waals surface area contributed by atoms with Crippen molar-refractivity contribution in [2.24, 2.45) is 0 Å². The fraction of sp³-hybridized carbons (Fsp3) is 0.333. The molecule has 0 fully saturated rings. The molecule has 0 radical (unpaired) electrons. The third kappa shape index (κ3) is 5.29. The van der Waals surface area contributed by atoms with Gasteiger partial charge in [-0.1, -0.05) is 29.4 Å². The van der Waals surface area contributed by atoms with E-state index in [0.29, 0.717) is 27.7 Å². The molecule has 1 unspecified atom stereocenters. The van der Waals surface area contributed by atoms with Crippen LogP contribution in [0.5, 0.6) is 0 Å². The van der Waals surface area contributed by atoms with Crippen LogP contribution in [-0.2, 0) is 24.1 Å². The Hall–Kier alpha value is -1.43. The van der Waals surface area contributed by atoms with Gasteiger partial charge in [0.05, 0.1) is 39.0 Å². The highest BCUT2D eigenvalue weighted by atomic mass is 35.5. The van der Waals surface area contributed by atoms with Crippen molar-refractivity contribution >= 4 is 34.3 Å². The summed E-state index contributed by atoms with van der Waals surface area (Å²) in [5.74, 6) is 0. The zero-order valence-electron chi connectivity index (χ0n) is 14.7. The monoisotopic (exact) mass is 409 g/mol. The fourth-order valence-corrected chi connectivity index (χ4v) is 4.12. The molecule has 1 aromatic carbocycles. The number of hydrogen-bond acceptors (Lipinski definition) is 5. The van der Waals surface area contributed by atoms with Crippen LogP contribution in [0.3, 0.4) is 0 Å². The minimum absolute atomic E-state index is 0.133. The van der Waals surface area contributed by atoms with E-state index in [2.05, 4.69) is 15.8 Å². The SMILES string of the molecule is CC(C)(C)S(=O)NCc1cc(C#N)cc(Cl)c1Sc1ncccc1CO. The molecule has 0 spiro atoms. The van der Waals surface area contributed by atoms with Crippen LogP contribution < -0.4 is 4.72 Å². The van der Waals surface area contributed by atoms with Crippen LogP contribution in [0.15, 0.2) is 40.4 Å². The zero-order valence-corrected chi connectivity index (χ0v) is 17.1. The number of nitrogens with one attached hydrogen (secondary N) is 1. The van der Waals surface area contributed by atoms with Gasteiger partial charge in [-0.2, -0.15) is 5.26 Å². The molecular formula is C18H20ClN3O2S2. The van der Waals surface area contributed by atoms with Crippen LogP contribution >= 0.6 is 23.4 Å². The minimum Gasteiger partial charge on any atom is -0.392 e. The summed E-state index contributed by atoms with van der Waals surface area (Å²) in [7, 11) is -1.25. The largest absolute Gasteiger partial charge is 0.392 e. The van der Waals surface area contributed by atoms with Gasteiger partial charge in [-0.15, -0.1) is 0 Å². The Morgan fingerprint density at radius 3 is 2.73 bits per heavy atom. The highest BCUT2D eigenvalue weighted by molar-refractivity contribution is 7.99. The van der Waals surface area contributed by atoms with E-state index < -0.39 is 15.7 Å². The van der Waals surface area contributed by atoms with E-state index in [1.54, 1.807) is 30.5 Å². The molecule has 0 bridgehead atoms. The molecule has 2 aromatic rings. The average molecular weight is 410 g/mol. The third-order valence-electron chi connectivity index (χ3n) is 3.42. The van der Waals surface area contributed by atoms with Crippen LogP contribution in [0.4, 0.5) is 0 Å². The molecular weight excluding hydrogens is 390 g/mol. The number of nitriles is 1. The predicted octanol–water partition coefficient (Wildman–Crippen LogP) is 3.80. The first-order valence-electron chi connectivity index (χ1n) is 7.86. The first-order chi connectivity index (χ1) is 12.3. The Morgan fingerprint density at radius 1 is 1.38 bits per heavy atom. The van der Waals surface area contributed by atoms with E-state index in [1.165, 1.54) is 11.8 Å². The van der Waals surface area contributed by atoms with E-state index >= 15 is 0 Å². The van der Waals surface area contributed by atoms with Crippen molar-refractivity contribution in [2.45, 2.75) is 48.6 Å². The number of nitrogens with zero attached hydrogens (tertiary/aromatic N) is 2. The van der Waals surface area contributed by atoms with Crippen LogP contribution in [0.25, 0.3) is 0 Å². The smallest absolute Gasteiger partial charge is 0.106 e. The number of halogens is 1. The lowest BCUT2D eigenvalue weighted by molar-refractivity contribution is 0.278. The maximum atomic E-state index is 12.3. The molecule has 1 atom stereocenters. The Balaban J connectivity index is 2.38. The van der Waals surface area contributed by atoms with Crippen molar-refractivity contribution in [1.29, 1.82) is 5.26 Å². The molecule has 5 nitrogen and oxygen atoms in total. The topological polar surface area (TPSA) is 86.0 Å². The summed E-state index contributed by atoms with van der Waals surface area (Å²) in [4.78, 5) is 5.02. The maximum Gasteiger partial charge on any atom is 0.106 e. The molecule has 0 aliphatic heterocycles. The second kappa shape index (κ2) is 8.98. The number of aliphatic hydroxyl groups is 1. The molecule has 0 amide bonds. The summed E-state index contributed by atoms with van der Waals surface area (Å²) in [5, 5.41) is 19.8. The van der Waals surface area contributed by atoms with E-state index in [1.807, 2.05) is 20.8 Å². The van der Waals surface area contributed by atoms with Gasteiger partial charge in [-0.3, -0.25) is 0 Å².